The number of carbonyl (C=O) groups excluding carboxylic acids is 1. The Balaban J connectivity index is 2.20. The molecule has 1 aromatic carbocycles. The van der Waals surface area contributed by atoms with Gasteiger partial charge in [-0.1, -0.05) is 35.0 Å². The third kappa shape index (κ3) is 3.10. The highest BCUT2D eigenvalue weighted by atomic mass is 79.9. The van der Waals surface area contributed by atoms with Gasteiger partial charge in [0.25, 0.3) is 5.91 Å². The fourth-order valence-electron chi connectivity index (χ4n) is 1.69. The molecule has 1 aromatic rings. The van der Waals surface area contributed by atoms with Crippen LogP contribution in [0, 0.1) is 0 Å². The average molecular weight is 313 g/mol. The largest absolute Gasteiger partial charge is 0.272 e. The van der Waals surface area contributed by atoms with Crippen molar-refractivity contribution in [1.29, 1.82) is 0 Å². The number of hydrazone groups is 1. The minimum atomic E-state index is -0.0218. The maximum absolute atomic E-state index is 11.6. The molecule has 0 saturated carbocycles. The van der Waals surface area contributed by atoms with Crippen molar-refractivity contribution in [3.8, 4) is 0 Å². The molecule has 1 aliphatic heterocycles. The molecule has 0 saturated heterocycles. The van der Waals surface area contributed by atoms with Crippen LogP contribution in [0.5, 0.6) is 0 Å². The number of rotatable bonds is 3. The third-order valence-electron chi connectivity index (χ3n) is 2.50. The molecule has 0 bridgehead atoms. The van der Waals surface area contributed by atoms with Crippen molar-refractivity contribution < 1.29 is 4.79 Å². The molecular weight excluding hydrogens is 300 g/mol. The van der Waals surface area contributed by atoms with Crippen molar-refractivity contribution in [2.45, 2.75) is 18.6 Å². The summed E-state index contributed by atoms with van der Waals surface area (Å²) in [5, 5.41) is 4.12. The number of nitrogens with one attached hydrogen (secondary N) is 1. The molecular formula is C12H13BrN2OS. The quantitative estimate of drug-likeness (QED) is 0.932. The molecule has 2 rings (SSSR count). The Hall–Kier alpha value is -0.810. The van der Waals surface area contributed by atoms with Crippen molar-refractivity contribution in [3.05, 3.63) is 34.3 Å². The highest BCUT2D eigenvalue weighted by Crippen LogP contribution is 2.22. The first kappa shape index (κ1) is 12.6. The van der Waals surface area contributed by atoms with E-state index in [1.165, 1.54) is 0 Å². The summed E-state index contributed by atoms with van der Waals surface area (Å²) in [7, 11) is 0. The van der Waals surface area contributed by atoms with Crippen LogP contribution in [0.1, 0.15) is 18.9 Å². The van der Waals surface area contributed by atoms with Gasteiger partial charge in [-0.15, -0.1) is 11.8 Å². The fraction of sp³-hybridized carbons (Fsp3) is 0.333. The molecule has 1 N–H and O–H groups in total. The molecule has 1 amide bonds. The van der Waals surface area contributed by atoms with Crippen LogP contribution in [0.4, 0.5) is 0 Å². The molecule has 90 valence electrons. The van der Waals surface area contributed by atoms with Crippen molar-refractivity contribution in [3.63, 3.8) is 0 Å². The number of hydrogen-bond donors (Lipinski definition) is 1. The molecule has 1 heterocycles. The number of thioether (sulfide) groups is 1. The number of halogens is 1. The van der Waals surface area contributed by atoms with E-state index in [4.69, 9.17) is 0 Å². The SMILES string of the molecule is CCSC1CC(c2cccc(Br)c2)=NNC1=O. The Bertz CT molecular complexity index is 462. The number of amides is 1. The summed E-state index contributed by atoms with van der Waals surface area (Å²) in [6.07, 6.45) is 0.695. The van der Waals surface area contributed by atoms with E-state index in [1.807, 2.05) is 24.3 Å². The highest BCUT2D eigenvalue weighted by Gasteiger charge is 2.25. The topological polar surface area (TPSA) is 41.5 Å². The summed E-state index contributed by atoms with van der Waals surface area (Å²) < 4.78 is 1.02. The van der Waals surface area contributed by atoms with Crippen molar-refractivity contribution >= 4 is 39.3 Å². The fourth-order valence-corrected chi connectivity index (χ4v) is 2.98. The lowest BCUT2D eigenvalue weighted by atomic mass is 10.0. The summed E-state index contributed by atoms with van der Waals surface area (Å²) >= 11 is 5.10. The van der Waals surface area contributed by atoms with Gasteiger partial charge in [-0.2, -0.15) is 5.10 Å². The number of benzene rings is 1. The number of carbonyl (C=O) groups is 1. The van der Waals surface area contributed by atoms with Gasteiger partial charge >= 0.3 is 0 Å². The van der Waals surface area contributed by atoms with Crippen LogP contribution in [-0.2, 0) is 4.79 Å². The summed E-state index contributed by atoms with van der Waals surface area (Å²) in [6, 6.07) is 7.98. The van der Waals surface area contributed by atoms with Crippen molar-refractivity contribution in [2.75, 3.05) is 5.75 Å². The maximum atomic E-state index is 11.6. The van der Waals surface area contributed by atoms with Crippen LogP contribution in [0.15, 0.2) is 33.8 Å². The van der Waals surface area contributed by atoms with Crippen LogP contribution >= 0.6 is 27.7 Å². The van der Waals surface area contributed by atoms with Gasteiger partial charge in [-0.25, -0.2) is 5.43 Å². The standard InChI is InChI=1S/C12H13BrN2OS/c1-2-17-11-7-10(14-15-12(11)16)8-4-3-5-9(13)6-8/h3-6,11H,2,7H2,1H3,(H,15,16). The normalized spacial score (nSPS) is 19.8. The molecule has 0 aromatic heterocycles. The van der Waals surface area contributed by atoms with Gasteiger partial charge < -0.3 is 0 Å². The zero-order chi connectivity index (χ0) is 12.3. The van der Waals surface area contributed by atoms with Gasteiger partial charge in [-0.3, -0.25) is 4.79 Å². The summed E-state index contributed by atoms with van der Waals surface area (Å²) in [6.45, 7) is 2.06. The monoisotopic (exact) mass is 312 g/mol. The second-order valence-corrected chi connectivity index (χ2v) is 6.09. The first-order chi connectivity index (χ1) is 8.20. The van der Waals surface area contributed by atoms with E-state index >= 15 is 0 Å². The summed E-state index contributed by atoms with van der Waals surface area (Å²) in [5.41, 5.74) is 4.60. The van der Waals surface area contributed by atoms with Gasteiger partial charge in [0.15, 0.2) is 0 Å². The van der Waals surface area contributed by atoms with Gasteiger partial charge in [-0.05, 0) is 23.4 Å². The first-order valence-corrected chi connectivity index (χ1v) is 7.29. The molecule has 1 aliphatic rings. The molecule has 0 spiro atoms. The zero-order valence-corrected chi connectivity index (χ0v) is 11.8. The van der Waals surface area contributed by atoms with Crippen molar-refractivity contribution in [2.24, 2.45) is 5.10 Å². The van der Waals surface area contributed by atoms with Crippen LogP contribution in [0.3, 0.4) is 0 Å². The van der Waals surface area contributed by atoms with E-state index < -0.39 is 0 Å². The van der Waals surface area contributed by atoms with E-state index in [-0.39, 0.29) is 11.2 Å². The van der Waals surface area contributed by atoms with E-state index in [0.29, 0.717) is 6.42 Å². The minimum absolute atomic E-state index is 0.00981. The molecule has 1 atom stereocenters. The number of hydrogen-bond acceptors (Lipinski definition) is 3. The van der Waals surface area contributed by atoms with Gasteiger partial charge in [0.1, 0.15) is 0 Å². The third-order valence-corrected chi connectivity index (χ3v) is 4.11. The summed E-state index contributed by atoms with van der Waals surface area (Å²) in [4.78, 5) is 11.6. The maximum Gasteiger partial charge on any atom is 0.253 e. The Morgan fingerprint density at radius 1 is 1.59 bits per heavy atom. The Labute approximate surface area is 113 Å². The Kier molecular flexibility index (Phi) is 4.23. The second kappa shape index (κ2) is 5.69. The van der Waals surface area contributed by atoms with Crippen LogP contribution < -0.4 is 5.43 Å². The van der Waals surface area contributed by atoms with Gasteiger partial charge in [0.2, 0.25) is 0 Å². The summed E-state index contributed by atoms with van der Waals surface area (Å²) in [5.74, 6) is 0.944. The average Bonchev–Trinajstić information content (AvgIpc) is 2.32. The van der Waals surface area contributed by atoms with E-state index in [2.05, 4.69) is 33.4 Å². The Morgan fingerprint density at radius 3 is 3.12 bits per heavy atom. The van der Waals surface area contributed by atoms with Gasteiger partial charge in [0, 0.05) is 10.9 Å². The predicted octanol–water partition coefficient (Wildman–Crippen LogP) is 2.79. The zero-order valence-electron chi connectivity index (χ0n) is 9.44. The molecule has 17 heavy (non-hydrogen) atoms. The minimum Gasteiger partial charge on any atom is -0.272 e. The van der Waals surface area contributed by atoms with Crippen LogP contribution in [0.25, 0.3) is 0 Å². The van der Waals surface area contributed by atoms with E-state index in [9.17, 15) is 4.79 Å². The van der Waals surface area contributed by atoms with Gasteiger partial charge in [0.05, 0.1) is 11.0 Å². The molecule has 0 aliphatic carbocycles. The molecule has 1 unspecified atom stereocenters. The van der Waals surface area contributed by atoms with Crippen molar-refractivity contribution in [1.82, 2.24) is 5.43 Å². The van der Waals surface area contributed by atoms with Crippen LogP contribution in [0.2, 0.25) is 0 Å². The Morgan fingerprint density at radius 2 is 2.41 bits per heavy atom. The lowest BCUT2D eigenvalue weighted by Crippen LogP contribution is -2.37. The molecule has 5 heteroatoms. The van der Waals surface area contributed by atoms with E-state index in [0.717, 1.165) is 21.5 Å². The lowest BCUT2D eigenvalue weighted by molar-refractivity contribution is -0.120. The lowest BCUT2D eigenvalue weighted by Gasteiger charge is -2.20. The van der Waals surface area contributed by atoms with Crippen LogP contribution in [-0.4, -0.2) is 22.6 Å². The highest BCUT2D eigenvalue weighted by molar-refractivity contribution is 9.10. The first-order valence-electron chi connectivity index (χ1n) is 5.44. The number of nitrogens with zero attached hydrogens (tertiary/aromatic N) is 1. The second-order valence-electron chi connectivity index (χ2n) is 3.69. The smallest absolute Gasteiger partial charge is 0.253 e. The molecule has 0 fully saturated rings. The van der Waals surface area contributed by atoms with E-state index in [1.54, 1.807) is 11.8 Å². The molecule has 3 nitrogen and oxygen atoms in total. The molecule has 0 radical (unpaired) electrons. The predicted molar refractivity (Wildman–Crippen MR) is 75.4 cm³/mol.